The Morgan fingerprint density at radius 2 is 2.13 bits per heavy atom. The summed E-state index contributed by atoms with van der Waals surface area (Å²) in [5.41, 5.74) is 2.66. The van der Waals surface area contributed by atoms with Crippen molar-refractivity contribution in [2.75, 3.05) is 32.4 Å². The second-order valence-electron chi connectivity index (χ2n) is 5.12. The minimum absolute atomic E-state index is 0.262. The zero-order valence-corrected chi connectivity index (χ0v) is 12.7. The Hall–Kier alpha value is -2.80. The van der Waals surface area contributed by atoms with E-state index < -0.39 is 0 Å². The Labute approximate surface area is 132 Å². The van der Waals surface area contributed by atoms with Crippen LogP contribution in [0.5, 0.6) is 11.5 Å². The van der Waals surface area contributed by atoms with Gasteiger partial charge in [-0.2, -0.15) is 0 Å². The van der Waals surface area contributed by atoms with Crippen LogP contribution in [0.4, 0.5) is 5.82 Å². The molecule has 23 heavy (non-hydrogen) atoms. The van der Waals surface area contributed by atoms with Crippen molar-refractivity contribution in [1.29, 1.82) is 0 Å². The molecule has 0 bridgehead atoms. The third kappa shape index (κ3) is 2.55. The van der Waals surface area contributed by atoms with Gasteiger partial charge in [0.15, 0.2) is 17.1 Å². The van der Waals surface area contributed by atoms with Crippen LogP contribution in [0.15, 0.2) is 36.5 Å². The molecule has 0 atom stereocenters. The van der Waals surface area contributed by atoms with E-state index in [9.17, 15) is 0 Å². The minimum Gasteiger partial charge on any atom is -0.454 e. The Balaban J connectivity index is 1.70. The number of ether oxygens (including phenoxy) is 3. The van der Waals surface area contributed by atoms with E-state index in [0.717, 1.165) is 34.2 Å². The summed E-state index contributed by atoms with van der Waals surface area (Å²) in [6, 6.07) is 9.65. The van der Waals surface area contributed by atoms with Crippen LogP contribution >= 0.6 is 0 Å². The Bertz CT molecular complexity index is 846. The summed E-state index contributed by atoms with van der Waals surface area (Å²) in [6.07, 6.45) is 1.80. The lowest BCUT2D eigenvalue weighted by Gasteiger charge is -2.07. The lowest BCUT2D eigenvalue weighted by Crippen LogP contribution is -2.10. The second-order valence-corrected chi connectivity index (χ2v) is 5.12. The number of benzene rings is 1. The van der Waals surface area contributed by atoms with E-state index in [2.05, 4.69) is 15.4 Å². The van der Waals surface area contributed by atoms with Gasteiger partial charge in [-0.15, -0.1) is 5.10 Å². The number of rotatable bonds is 5. The van der Waals surface area contributed by atoms with Gasteiger partial charge in [0.05, 0.1) is 18.5 Å². The Morgan fingerprint density at radius 3 is 3.04 bits per heavy atom. The Morgan fingerprint density at radius 1 is 1.22 bits per heavy atom. The van der Waals surface area contributed by atoms with Gasteiger partial charge in [0.1, 0.15) is 5.82 Å². The average molecular weight is 312 g/mol. The van der Waals surface area contributed by atoms with Crippen molar-refractivity contribution >= 4 is 11.5 Å². The van der Waals surface area contributed by atoms with Crippen molar-refractivity contribution in [2.24, 2.45) is 0 Å². The standard InChI is InChI=1S/C16H16N4O3/c1-21-7-6-17-15-4-5-16-18-9-12(20(16)19-15)11-2-3-13-14(8-11)23-10-22-13/h2-5,8-9H,6-7,10H2,1H3,(H,17,19). The number of fused-ring (bicyclic) bond motifs is 2. The van der Waals surface area contributed by atoms with Crippen LogP contribution in [0, 0.1) is 0 Å². The van der Waals surface area contributed by atoms with Gasteiger partial charge >= 0.3 is 0 Å². The van der Waals surface area contributed by atoms with Crippen LogP contribution in [-0.4, -0.2) is 41.7 Å². The number of hydrogen-bond donors (Lipinski definition) is 1. The number of methoxy groups -OCH3 is 1. The molecule has 7 heteroatoms. The minimum atomic E-state index is 0.262. The molecule has 1 aromatic carbocycles. The summed E-state index contributed by atoms with van der Waals surface area (Å²) >= 11 is 0. The normalized spacial score (nSPS) is 12.7. The van der Waals surface area contributed by atoms with Gasteiger partial charge in [0.25, 0.3) is 0 Å². The van der Waals surface area contributed by atoms with E-state index >= 15 is 0 Å². The smallest absolute Gasteiger partial charge is 0.231 e. The van der Waals surface area contributed by atoms with Crippen molar-refractivity contribution < 1.29 is 14.2 Å². The number of nitrogens with one attached hydrogen (secondary N) is 1. The van der Waals surface area contributed by atoms with Crippen molar-refractivity contribution in [3.05, 3.63) is 36.5 Å². The first kappa shape index (κ1) is 13.8. The lowest BCUT2D eigenvalue weighted by atomic mass is 10.1. The van der Waals surface area contributed by atoms with E-state index in [0.29, 0.717) is 13.2 Å². The number of aromatic nitrogens is 3. The molecule has 0 saturated carbocycles. The lowest BCUT2D eigenvalue weighted by molar-refractivity contribution is 0.174. The summed E-state index contributed by atoms with van der Waals surface area (Å²) in [5.74, 6) is 2.28. The van der Waals surface area contributed by atoms with Crippen LogP contribution < -0.4 is 14.8 Å². The van der Waals surface area contributed by atoms with Gasteiger partial charge < -0.3 is 19.5 Å². The molecule has 1 aliphatic rings. The van der Waals surface area contributed by atoms with E-state index in [1.165, 1.54) is 0 Å². The fourth-order valence-electron chi connectivity index (χ4n) is 2.50. The van der Waals surface area contributed by atoms with Gasteiger partial charge in [-0.25, -0.2) is 9.50 Å². The van der Waals surface area contributed by atoms with E-state index in [1.807, 2.05) is 34.8 Å². The summed E-state index contributed by atoms with van der Waals surface area (Å²) < 4.78 is 17.6. The third-order valence-corrected chi connectivity index (χ3v) is 3.64. The van der Waals surface area contributed by atoms with Crippen molar-refractivity contribution in [1.82, 2.24) is 14.6 Å². The van der Waals surface area contributed by atoms with Crippen molar-refractivity contribution in [3.63, 3.8) is 0 Å². The van der Waals surface area contributed by atoms with E-state index in [4.69, 9.17) is 14.2 Å². The molecule has 118 valence electrons. The first-order valence-corrected chi connectivity index (χ1v) is 7.33. The van der Waals surface area contributed by atoms with Gasteiger partial charge in [0.2, 0.25) is 6.79 Å². The summed E-state index contributed by atoms with van der Waals surface area (Å²) in [6.45, 7) is 1.58. The molecule has 0 radical (unpaired) electrons. The highest BCUT2D eigenvalue weighted by Crippen LogP contribution is 2.35. The molecule has 1 N–H and O–H groups in total. The number of nitrogens with zero attached hydrogens (tertiary/aromatic N) is 3. The maximum atomic E-state index is 5.44. The van der Waals surface area contributed by atoms with Crippen molar-refractivity contribution in [3.8, 4) is 22.8 Å². The van der Waals surface area contributed by atoms with Crippen LogP contribution in [0.2, 0.25) is 0 Å². The van der Waals surface area contributed by atoms with Crippen molar-refractivity contribution in [2.45, 2.75) is 0 Å². The summed E-state index contributed by atoms with van der Waals surface area (Å²) in [5, 5.41) is 7.81. The molecule has 3 heterocycles. The van der Waals surface area contributed by atoms with Gasteiger partial charge in [-0.1, -0.05) is 0 Å². The predicted molar refractivity (Wildman–Crippen MR) is 84.9 cm³/mol. The first-order valence-electron chi connectivity index (χ1n) is 7.33. The molecule has 1 aliphatic heterocycles. The maximum absolute atomic E-state index is 5.44. The number of imidazole rings is 1. The first-order chi connectivity index (χ1) is 11.3. The molecular weight excluding hydrogens is 296 g/mol. The highest BCUT2D eigenvalue weighted by molar-refractivity contribution is 5.67. The third-order valence-electron chi connectivity index (χ3n) is 3.64. The molecule has 0 saturated heterocycles. The molecule has 3 aromatic rings. The molecular formula is C16H16N4O3. The molecule has 0 unspecified atom stereocenters. The van der Waals surface area contributed by atoms with Gasteiger partial charge in [0, 0.05) is 19.2 Å². The fraction of sp³-hybridized carbons (Fsp3) is 0.250. The molecule has 0 spiro atoms. The maximum Gasteiger partial charge on any atom is 0.231 e. The summed E-state index contributed by atoms with van der Waals surface area (Å²) in [7, 11) is 1.67. The topological polar surface area (TPSA) is 69.9 Å². The zero-order chi connectivity index (χ0) is 15.6. The molecule has 7 nitrogen and oxygen atoms in total. The number of hydrogen-bond acceptors (Lipinski definition) is 6. The second kappa shape index (κ2) is 5.77. The average Bonchev–Trinajstić information content (AvgIpc) is 3.20. The SMILES string of the molecule is COCCNc1ccc2ncc(-c3ccc4c(c3)OCO4)n2n1. The highest BCUT2D eigenvalue weighted by Gasteiger charge is 2.16. The molecule has 2 aromatic heterocycles. The molecule has 0 fully saturated rings. The van der Waals surface area contributed by atoms with Crippen LogP contribution in [-0.2, 0) is 4.74 Å². The Kier molecular flexibility index (Phi) is 3.47. The van der Waals surface area contributed by atoms with Crippen LogP contribution in [0.1, 0.15) is 0 Å². The number of anilines is 1. The quantitative estimate of drug-likeness (QED) is 0.728. The van der Waals surface area contributed by atoms with Crippen LogP contribution in [0.3, 0.4) is 0 Å². The molecule has 0 amide bonds. The zero-order valence-electron chi connectivity index (χ0n) is 12.7. The molecule has 0 aliphatic carbocycles. The van der Waals surface area contributed by atoms with E-state index in [-0.39, 0.29) is 6.79 Å². The molecule has 4 rings (SSSR count). The predicted octanol–water partition coefficient (Wildman–Crippen LogP) is 2.18. The van der Waals surface area contributed by atoms with E-state index in [1.54, 1.807) is 13.3 Å². The fourth-order valence-corrected chi connectivity index (χ4v) is 2.50. The largest absolute Gasteiger partial charge is 0.454 e. The van der Waals surface area contributed by atoms with Crippen LogP contribution in [0.25, 0.3) is 16.9 Å². The highest BCUT2D eigenvalue weighted by atomic mass is 16.7. The monoisotopic (exact) mass is 312 g/mol. The summed E-state index contributed by atoms with van der Waals surface area (Å²) in [4.78, 5) is 4.40. The van der Waals surface area contributed by atoms with Gasteiger partial charge in [-0.3, -0.25) is 0 Å². The van der Waals surface area contributed by atoms with Gasteiger partial charge in [-0.05, 0) is 30.3 Å².